The van der Waals surface area contributed by atoms with E-state index in [9.17, 15) is 4.79 Å². The summed E-state index contributed by atoms with van der Waals surface area (Å²) in [6, 6.07) is 0. The maximum Gasteiger partial charge on any atom is 0.308 e. The van der Waals surface area contributed by atoms with E-state index in [2.05, 4.69) is 22.6 Å². The molecule has 0 aromatic rings. The predicted octanol–water partition coefficient (Wildman–Crippen LogP) is 2.25. The molecule has 168 valence electrons. The molecule has 0 aliphatic rings. The summed E-state index contributed by atoms with van der Waals surface area (Å²) < 4.78 is 38.3. The van der Waals surface area contributed by atoms with Gasteiger partial charge in [-0.1, -0.05) is 22.6 Å². The highest BCUT2D eigenvalue weighted by Crippen LogP contribution is 2.07. The standard InChI is InChI=1S/C19H37IO8/c1-19(2,3)28-18(21)4-6-22-8-10-24-12-14-26-16-17-27-15-13-25-11-9-23-7-5-20/h4-17H2,1-3H3. The van der Waals surface area contributed by atoms with E-state index in [1.54, 1.807) is 0 Å². The van der Waals surface area contributed by atoms with Crippen LogP contribution in [0.15, 0.2) is 0 Å². The maximum atomic E-state index is 11.5. The lowest BCUT2D eigenvalue weighted by Gasteiger charge is -2.19. The molecular formula is C19H37IO8. The molecule has 0 aromatic heterocycles. The van der Waals surface area contributed by atoms with E-state index in [1.165, 1.54) is 0 Å². The fourth-order valence-corrected chi connectivity index (χ4v) is 2.12. The van der Waals surface area contributed by atoms with Crippen LogP contribution in [-0.4, -0.2) is 95.3 Å². The maximum absolute atomic E-state index is 11.5. The molecule has 0 N–H and O–H groups in total. The highest BCUT2D eigenvalue weighted by molar-refractivity contribution is 14.1. The Kier molecular flexibility index (Phi) is 20.2. The predicted molar refractivity (Wildman–Crippen MR) is 114 cm³/mol. The van der Waals surface area contributed by atoms with Crippen molar-refractivity contribution in [2.45, 2.75) is 32.8 Å². The summed E-state index contributed by atoms with van der Waals surface area (Å²) in [6.45, 7) is 11.9. The molecule has 0 heterocycles. The third kappa shape index (κ3) is 24.0. The molecule has 8 nitrogen and oxygen atoms in total. The lowest BCUT2D eigenvalue weighted by molar-refractivity contribution is -0.156. The van der Waals surface area contributed by atoms with Crippen LogP contribution < -0.4 is 0 Å². The molecule has 0 aliphatic heterocycles. The Bertz CT molecular complexity index is 349. The second-order valence-corrected chi connectivity index (χ2v) is 7.78. The van der Waals surface area contributed by atoms with E-state index in [0.717, 1.165) is 11.0 Å². The van der Waals surface area contributed by atoms with Gasteiger partial charge in [0.1, 0.15) is 5.60 Å². The number of carbonyl (C=O) groups excluding carboxylic acids is 1. The van der Waals surface area contributed by atoms with E-state index in [4.69, 9.17) is 33.2 Å². The van der Waals surface area contributed by atoms with Crippen LogP contribution in [0.1, 0.15) is 27.2 Å². The van der Waals surface area contributed by atoms with Crippen LogP contribution in [0, 0.1) is 0 Å². The molecule has 0 spiro atoms. The molecule has 0 atom stereocenters. The average molecular weight is 520 g/mol. The Labute approximate surface area is 183 Å². The molecule has 28 heavy (non-hydrogen) atoms. The topological polar surface area (TPSA) is 81.7 Å². The van der Waals surface area contributed by atoms with E-state index < -0.39 is 5.60 Å². The summed E-state index contributed by atoms with van der Waals surface area (Å²) in [7, 11) is 0. The summed E-state index contributed by atoms with van der Waals surface area (Å²) in [6.07, 6.45) is 0.248. The Morgan fingerprint density at radius 2 is 0.929 bits per heavy atom. The van der Waals surface area contributed by atoms with Gasteiger partial charge in [-0.05, 0) is 20.8 Å². The minimum atomic E-state index is -0.456. The number of rotatable bonds is 20. The molecule has 0 unspecified atom stereocenters. The first-order valence-corrected chi connectivity index (χ1v) is 11.2. The van der Waals surface area contributed by atoms with Gasteiger partial charge in [0.2, 0.25) is 0 Å². The summed E-state index contributed by atoms with van der Waals surface area (Å²) >= 11 is 2.27. The van der Waals surface area contributed by atoms with Gasteiger partial charge in [-0.2, -0.15) is 0 Å². The van der Waals surface area contributed by atoms with Gasteiger partial charge in [0.05, 0.1) is 85.7 Å². The number of carbonyl (C=O) groups is 1. The SMILES string of the molecule is CC(C)(C)OC(=O)CCOCCOCCOCCOCCOCCOCCI. The fourth-order valence-electron chi connectivity index (χ4n) is 1.80. The molecule has 0 bridgehead atoms. The van der Waals surface area contributed by atoms with Gasteiger partial charge < -0.3 is 33.2 Å². The van der Waals surface area contributed by atoms with Crippen molar-refractivity contribution in [1.82, 2.24) is 0 Å². The largest absolute Gasteiger partial charge is 0.460 e. The van der Waals surface area contributed by atoms with Crippen molar-refractivity contribution in [3.63, 3.8) is 0 Å². The van der Waals surface area contributed by atoms with Crippen LogP contribution in [0.2, 0.25) is 0 Å². The van der Waals surface area contributed by atoms with Crippen molar-refractivity contribution < 1.29 is 38.0 Å². The summed E-state index contributed by atoms with van der Waals surface area (Å²) in [5.41, 5.74) is -0.456. The zero-order valence-electron chi connectivity index (χ0n) is 17.5. The molecule has 0 radical (unpaired) electrons. The van der Waals surface area contributed by atoms with Gasteiger partial charge in [0.25, 0.3) is 0 Å². The first kappa shape index (κ1) is 28.0. The molecule has 0 amide bonds. The van der Waals surface area contributed by atoms with Gasteiger partial charge in [0, 0.05) is 4.43 Å². The number of alkyl halides is 1. The molecule has 0 saturated heterocycles. The molecule has 0 saturated carbocycles. The fraction of sp³-hybridized carbons (Fsp3) is 0.947. The number of hydrogen-bond acceptors (Lipinski definition) is 8. The number of esters is 1. The van der Waals surface area contributed by atoms with Crippen molar-refractivity contribution in [3.05, 3.63) is 0 Å². The first-order valence-electron chi connectivity index (χ1n) is 9.70. The minimum Gasteiger partial charge on any atom is -0.460 e. The van der Waals surface area contributed by atoms with Crippen LogP contribution in [0.4, 0.5) is 0 Å². The van der Waals surface area contributed by atoms with E-state index >= 15 is 0 Å². The van der Waals surface area contributed by atoms with Crippen molar-refractivity contribution in [1.29, 1.82) is 0 Å². The Balaban J connectivity index is 3.11. The molecule has 0 aromatic carbocycles. The lowest BCUT2D eigenvalue weighted by Crippen LogP contribution is -2.24. The average Bonchev–Trinajstić information content (AvgIpc) is 2.62. The van der Waals surface area contributed by atoms with Crippen molar-refractivity contribution in [3.8, 4) is 0 Å². The van der Waals surface area contributed by atoms with Gasteiger partial charge in [0.15, 0.2) is 0 Å². The zero-order chi connectivity index (χ0) is 20.9. The van der Waals surface area contributed by atoms with Crippen LogP contribution in [0.25, 0.3) is 0 Å². The van der Waals surface area contributed by atoms with E-state index in [-0.39, 0.29) is 12.4 Å². The molecule has 0 aliphatic carbocycles. The van der Waals surface area contributed by atoms with E-state index in [1.807, 2.05) is 20.8 Å². The molecular weight excluding hydrogens is 483 g/mol. The third-order valence-corrected chi connectivity index (χ3v) is 3.39. The molecule has 0 rings (SSSR count). The number of ether oxygens (including phenoxy) is 7. The quantitative estimate of drug-likeness (QED) is 0.105. The smallest absolute Gasteiger partial charge is 0.308 e. The Morgan fingerprint density at radius 3 is 1.25 bits per heavy atom. The first-order chi connectivity index (χ1) is 13.5. The zero-order valence-corrected chi connectivity index (χ0v) is 19.7. The summed E-state index contributed by atoms with van der Waals surface area (Å²) in [5.74, 6) is -0.253. The van der Waals surface area contributed by atoms with Crippen molar-refractivity contribution in [2.75, 3.05) is 83.7 Å². The van der Waals surface area contributed by atoms with Crippen LogP contribution >= 0.6 is 22.6 Å². The molecule has 0 fully saturated rings. The van der Waals surface area contributed by atoms with E-state index in [0.29, 0.717) is 72.7 Å². The van der Waals surface area contributed by atoms with Crippen LogP contribution in [0.5, 0.6) is 0 Å². The van der Waals surface area contributed by atoms with Gasteiger partial charge in [-0.15, -0.1) is 0 Å². The lowest BCUT2D eigenvalue weighted by atomic mass is 10.2. The molecule has 9 heteroatoms. The monoisotopic (exact) mass is 520 g/mol. The highest BCUT2D eigenvalue weighted by Gasteiger charge is 2.15. The summed E-state index contributed by atoms with van der Waals surface area (Å²) in [4.78, 5) is 11.5. The number of halogens is 1. The minimum absolute atomic E-state index is 0.248. The van der Waals surface area contributed by atoms with Crippen molar-refractivity contribution >= 4 is 28.6 Å². The van der Waals surface area contributed by atoms with Crippen LogP contribution in [-0.2, 0) is 38.0 Å². The second-order valence-electron chi connectivity index (χ2n) is 6.70. The van der Waals surface area contributed by atoms with Gasteiger partial charge in [-0.25, -0.2) is 0 Å². The van der Waals surface area contributed by atoms with Gasteiger partial charge >= 0.3 is 5.97 Å². The van der Waals surface area contributed by atoms with Gasteiger partial charge in [-0.3, -0.25) is 4.79 Å². The van der Waals surface area contributed by atoms with Crippen LogP contribution in [0.3, 0.4) is 0 Å². The second kappa shape index (κ2) is 20.2. The van der Waals surface area contributed by atoms with Crippen molar-refractivity contribution in [2.24, 2.45) is 0 Å². The summed E-state index contributed by atoms with van der Waals surface area (Å²) in [5, 5.41) is 0. The number of hydrogen-bond donors (Lipinski definition) is 0. The third-order valence-electron chi connectivity index (χ3n) is 2.95. The normalized spacial score (nSPS) is 11.7. The highest BCUT2D eigenvalue weighted by atomic mass is 127. The Hall–Kier alpha value is -0.0400. The Morgan fingerprint density at radius 1 is 0.607 bits per heavy atom.